The van der Waals surface area contributed by atoms with Gasteiger partial charge in [0.1, 0.15) is 0 Å². The van der Waals surface area contributed by atoms with Crippen molar-refractivity contribution < 1.29 is 14.3 Å². The predicted molar refractivity (Wildman–Crippen MR) is 123 cm³/mol. The third kappa shape index (κ3) is 4.85. The van der Waals surface area contributed by atoms with E-state index in [4.69, 9.17) is 9.47 Å². The van der Waals surface area contributed by atoms with Gasteiger partial charge in [-0.25, -0.2) is 0 Å². The Morgan fingerprint density at radius 1 is 1.10 bits per heavy atom. The zero-order chi connectivity index (χ0) is 20.4. The van der Waals surface area contributed by atoms with Crippen molar-refractivity contribution in [3.63, 3.8) is 0 Å². The van der Waals surface area contributed by atoms with E-state index in [-0.39, 0.29) is 23.9 Å². The van der Waals surface area contributed by atoms with Gasteiger partial charge in [-0.05, 0) is 69.6 Å². The molecule has 2 aliphatic heterocycles. The molecule has 1 aliphatic carbocycles. The first kappa shape index (κ1) is 23.5. The second-order valence-corrected chi connectivity index (χ2v) is 9.35. The summed E-state index contributed by atoms with van der Waals surface area (Å²) in [6.45, 7) is 8.09. The summed E-state index contributed by atoms with van der Waals surface area (Å²) in [5, 5.41) is 0. The minimum absolute atomic E-state index is 0. The summed E-state index contributed by atoms with van der Waals surface area (Å²) in [5.41, 5.74) is 3.86. The molecule has 6 heteroatoms. The van der Waals surface area contributed by atoms with E-state index in [1.807, 2.05) is 0 Å². The van der Waals surface area contributed by atoms with Crippen LogP contribution in [0.4, 0.5) is 5.69 Å². The van der Waals surface area contributed by atoms with Gasteiger partial charge in [-0.1, -0.05) is 12.1 Å². The number of halogens is 1. The summed E-state index contributed by atoms with van der Waals surface area (Å²) >= 11 is 0. The maximum Gasteiger partial charge on any atom is 0.231 e. The molecule has 0 radical (unpaired) electrons. The molecule has 0 aromatic heterocycles. The molecule has 2 fully saturated rings. The van der Waals surface area contributed by atoms with Gasteiger partial charge in [-0.3, -0.25) is 9.69 Å². The van der Waals surface area contributed by atoms with Crippen LogP contribution in [-0.2, 0) is 20.7 Å². The first-order valence-corrected chi connectivity index (χ1v) is 11.3. The summed E-state index contributed by atoms with van der Waals surface area (Å²) in [5.74, 6) is 0.281. The van der Waals surface area contributed by atoms with E-state index in [1.54, 1.807) is 7.11 Å². The highest BCUT2D eigenvalue weighted by molar-refractivity contribution is 6.02. The Labute approximate surface area is 187 Å². The first-order valence-electron chi connectivity index (χ1n) is 11.3. The van der Waals surface area contributed by atoms with Gasteiger partial charge in [0.2, 0.25) is 5.91 Å². The lowest BCUT2D eigenvalue weighted by Crippen LogP contribution is -2.55. The van der Waals surface area contributed by atoms with E-state index >= 15 is 0 Å². The molecule has 2 heterocycles. The van der Waals surface area contributed by atoms with Crippen molar-refractivity contribution in [3.05, 3.63) is 29.3 Å². The van der Waals surface area contributed by atoms with Gasteiger partial charge in [0.05, 0.1) is 25.7 Å². The molecule has 168 valence electrons. The van der Waals surface area contributed by atoms with Gasteiger partial charge in [0.25, 0.3) is 0 Å². The molecular formula is C24H37ClN2O3. The van der Waals surface area contributed by atoms with Crippen LogP contribution >= 0.6 is 12.4 Å². The van der Waals surface area contributed by atoms with Gasteiger partial charge in [0, 0.05) is 37.5 Å². The molecule has 1 aromatic rings. The largest absolute Gasteiger partial charge is 0.382 e. The van der Waals surface area contributed by atoms with E-state index < -0.39 is 0 Å². The number of likely N-dealkylation sites (tertiary alicyclic amines) is 1. The zero-order valence-corrected chi connectivity index (χ0v) is 19.5. The quantitative estimate of drug-likeness (QED) is 0.628. The number of carbonyl (C=O) groups is 1. The van der Waals surface area contributed by atoms with Gasteiger partial charge in [0.15, 0.2) is 0 Å². The maximum atomic E-state index is 12.7. The van der Waals surface area contributed by atoms with Crippen LogP contribution in [-0.4, -0.2) is 61.9 Å². The molecule has 1 saturated heterocycles. The number of amides is 1. The number of hydrogen-bond donors (Lipinski definition) is 0. The van der Waals surface area contributed by atoms with Crippen LogP contribution in [0.2, 0.25) is 0 Å². The Balaban J connectivity index is 0.00000256. The molecule has 0 atom stereocenters. The summed E-state index contributed by atoms with van der Waals surface area (Å²) in [6.07, 6.45) is 7.76. The monoisotopic (exact) mass is 436 g/mol. The number of carbonyl (C=O) groups excluding carboxylic acids is 1. The van der Waals surface area contributed by atoms with Crippen LogP contribution in [0.15, 0.2) is 18.2 Å². The minimum Gasteiger partial charge on any atom is -0.382 e. The molecule has 5 nitrogen and oxygen atoms in total. The van der Waals surface area contributed by atoms with E-state index in [1.165, 1.54) is 24.0 Å². The highest BCUT2D eigenvalue weighted by atomic mass is 35.5. The number of methoxy groups -OCH3 is 1. The standard InChI is InChI=1S/C24H36N2O3.ClH/c1-18-4-5-19-17-23(27)26(22(19)16-18)20-8-12-25(13-9-20)24(2)10-6-21(7-11-24)29-15-14-28-3;/h4-5,16,20-21H,6-15,17H2,1-3H3;1H. The topological polar surface area (TPSA) is 42.0 Å². The van der Waals surface area contributed by atoms with Crippen molar-refractivity contribution in [2.45, 2.75) is 76.5 Å². The fourth-order valence-corrected chi connectivity index (χ4v) is 5.49. The summed E-state index contributed by atoms with van der Waals surface area (Å²) in [4.78, 5) is 17.5. The molecule has 0 spiro atoms. The number of ether oxygens (including phenoxy) is 2. The van der Waals surface area contributed by atoms with Gasteiger partial charge < -0.3 is 14.4 Å². The number of nitrogens with zero attached hydrogens (tertiary/aromatic N) is 2. The fraction of sp³-hybridized carbons (Fsp3) is 0.708. The average Bonchev–Trinajstić information content (AvgIpc) is 3.05. The maximum absolute atomic E-state index is 12.7. The van der Waals surface area contributed by atoms with Crippen LogP contribution in [0.3, 0.4) is 0 Å². The Morgan fingerprint density at radius 2 is 1.80 bits per heavy atom. The van der Waals surface area contributed by atoms with Crippen molar-refractivity contribution in [3.8, 4) is 0 Å². The Kier molecular flexibility index (Phi) is 7.83. The van der Waals surface area contributed by atoms with Gasteiger partial charge >= 0.3 is 0 Å². The Hall–Kier alpha value is -1.14. The summed E-state index contributed by atoms with van der Waals surface area (Å²) in [6, 6.07) is 6.79. The predicted octanol–water partition coefficient (Wildman–Crippen LogP) is 4.13. The molecule has 1 aromatic carbocycles. The number of rotatable bonds is 6. The van der Waals surface area contributed by atoms with E-state index in [2.05, 4.69) is 41.8 Å². The minimum atomic E-state index is 0. The number of hydrogen-bond acceptors (Lipinski definition) is 4. The van der Waals surface area contributed by atoms with Crippen LogP contribution in [0.25, 0.3) is 0 Å². The van der Waals surface area contributed by atoms with Gasteiger partial charge in [-0.2, -0.15) is 0 Å². The second kappa shape index (κ2) is 9.99. The zero-order valence-electron chi connectivity index (χ0n) is 18.7. The van der Waals surface area contributed by atoms with Gasteiger partial charge in [-0.15, -0.1) is 12.4 Å². The fourth-order valence-electron chi connectivity index (χ4n) is 5.49. The molecule has 3 aliphatic rings. The lowest BCUT2D eigenvalue weighted by atomic mass is 9.79. The van der Waals surface area contributed by atoms with Crippen molar-refractivity contribution in [2.75, 3.05) is 38.3 Å². The lowest BCUT2D eigenvalue weighted by molar-refractivity contribution is -0.118. The smallest absolute Gasteiger partial charge is 0.231 e. The van der Waals surface area contributed by atoms with E-state index in [0.29, 0.717) is 31.8 Å². The molecule has 30 heavy (non-hydrogen) atoms. The summed E-state index contributed by atoms with van der Waals surface area (Å²) in [7, 11) is 1.72. The highest BCUT2D eigenvalue weighted by Crippen LogP contribution is 2.39. The number of fused-ring (bicyclic) bond motifs is 1. The molecule has 0 bridgehead atoms. The van der Waals surface area contributed by atoms with Crippen molar-refractivity contribution in [1.29, 1.82) is 0 Å². The van der Waals surface area contributed by atoms with Crippen molar-refractivity contribution in [2.24, 2.45) is 0 Å². The lowest BCUT2D eigenvalue weighted by Gasteiger charge is -2.49. The average molecular weight is 437 g/mol. The van der Waals surface area contributed by atoms with E-state index in [0.717, 1.165) is 44.5 Å². The second-order valence-electron chi connectivity index (χ2n) is 9.35. The SMILES string of the molecule is COCCOC1CCC(C)(N2CCC(N3C(=O)Cc4ccc(C)cc43)CC2)CC1.Cl. The number of piperidine rings is 1. The first-order chi connectivity index (χ1) is 14.0. The normalized spacial score (nSPS) is 27.8. The third-order valence-corrected chi connectivity index (χ3v) is 7.35. The highest BCUT2D eigenvalue weighted by Gasteiger charge is 2.41. The number of benzene rings is 1. The molecule has 1 amide bonds. The van der Waals surface area contributed by atoms with Crippen molar-refractivity contribution >= 4 is 24.0 Å². The molecule has 1 saturated carbocycles. The van der Waals surface area contributed by atoms with Crippen LogP contribution in [0.1, 0.15) is 56.6 Å². The molecule has 0 unspecified atom stereocenters. The van der Waals surface area contributed by atoms with Crippen LogP contribution in [0, 0.1) is 6.92 Å². The Bertz CT molecular complexity index is 725. The summed E-state index contributed by atoms with van der Waals surface area (Å²) < 4.78 is 11.1. The molecule has 4 rings (SSSR count). The Morgan fingerprint density at radius 3 is 2.47 bits per heavy atom. The van der Waals surface area contributed by atoms with Crippen LogP contribution < -0.4 is 4.90 Å². The molecular weight excluding hydrogens is 400 g/mol. The molecule has 0 N–H and O–H groups in total. The number of aryl methyl sites for hydroxylation is 1. The van der Waals surface area contributed by atoms with Crippen molar-refractivity contribution in [1.82, 2.24) is 4.90 Å². The number of anilines is 1. The van der Waals surface area contributed by atoms with Crippen LogP contribution in [0.5, 0.6) is 0 Å². The van der Waals surface area contributed by atoms with E-state index in [9.17, 15) is 4.79 Å². The third-order valence-electron chi connectivity index (χ3n) is 7.35.